The van der Waals surface area contributed by atoms with Crippen LogP contribution < -0.4 is 4.74 Å². The maximum atomic E-state index is 5.76. The van der Waals surface area contributed by atoms with Gasteiger partial charge in [-0.1, -0.05) is 39.0 Å². The first-order valence-corrected chi connectivity index (χ1v) is 5.75. The second-order valence-electron chi connectivity index (χ2n) is 4.62. The molecule has 0 heterocycles. The Bertz CT molecular complexity index is 326. The average Bonchev–Trinajstić information content (AvgIpc) is 2.21. The first kappa shape index (κ1) is 12.1. The largest absolute Gasteiger partial charge is 0.493 e. The molecular formula is C14H22O. The maximum Gasteiger partial charge on any atom is 0.125 e. The molecule has 0 bridgehead atoms. The van der Waals surface area contributed by atoms with E-state index in [0.29, 0.717) is 0 Å². The molecule has 0 fully saturated rings. The summed E-state index contributed by atoms with van der Waals surface area (Å²) in [5, 5.41) is 0. The van der Waals surface area contributed by atoms with Crippen LogP contribution >= 0.6 is 0 Å². The number of aryl methyl sites for hydroxylation is 1. The van der Waals surface area contributed by atoms with Crippen molar-refractivity contribution in [2.75, 3.05) is 6.61 Å². The molecule has 0 aliphatic heterocycles. The van der Waals surface area contributed by atoms with Crippen LogP contribution in [0, 0.1) is 6.92 Å². The Hall–Kier alpha value is -0.980. The van der Waals surface area contributed by atoms with Crippen molar-refractivity contribution in [3.8, 4) is 5.75 Å². The molecule has 0 spiro atoms. The van der Waals surface area contributed by atoms with Crippen LogP contribution in [0.2, 0.25) is 0 Å². The number of hydrogen-bond donors (Lipinski definition) is 0. The van der Waals surface area contributed by atoms with Crippen molar-refractivity contribution in [1.29, 1.82) is 0 Å². The van der Waals surface area contributed by atoms with Gasteiger partial charge in [0.05, 0.1) is 6.61 Å². The molecular weight excluding hydrogens is 184 g/mol. The molecule has 0 N–H and O–H groups in total. The van der Waals surface area contributed by atoms with Gasteiger partial charge in [0.25, 0.3) is 0 Å². The highest BCUT2D eigenvalue weighted by Crippen LogP contribution is 2.36. The van der Waals surface area contributed by atoms with E-state index in [0.717, 1.165) is 18.8 Å². The average molecular weight is 206 g/mol. The Morgan fingerprint density at radius 1 is 1.20 bits per heavy atom. The van der Waals surface area contributed by atoms with Crippen LogP contribution in [0.5, 0.6) is 5.75 Å². The fourth-order valence-electron chi connectivity index (χ4n) is 1.71. The molecule has 0 aliphatic carbocycles. The summed E-state index contributed by atoms with van der Waals surface area (Å²) in [6.07, 6.45) is 1.12. The SMILES string of the molecule is CCOc1c(C)cccc1C(C)(C)CC. The van der Waals surface area contributed by atoms with Crippen molar-refractivity contribution in [3.05, 3.63) is 29.3 Å². The van der Waals surface area contributed by atoms with Crippen molar-refractivity contribution in [3.63, 3.8) is 0 Å². The van der Waals surface area contributed by atoms with Crippen molar-refractivity contribution in [2.24, 2.45) is 0 Å². The zero-order chi connectivity index (χ0) is 11.5. The molecule has 1 heteroatoms. The van der Waals surface area contributed by atoms with E-state index in [1.807, 2.05) is 6.92 Å². The molecule has 0 saturated heterocycles. The zero-order valence-electron chi connectivity index (χ0n) is 10.6. The second-order valence-corrected chi connectivity index (χ2v) is 4.62. The van der Waals surface area contributed by atoms with Crippen LogP contribution in [0.25, 0.3) is 0 Å². The lowest BCUT2D eigenvalue weighted by molar-refractivity contribution is 0.324. The van der Waals surface area contributed by atoms with E-state index in [2.05, 4.69) is 45.9 Å². The third-order valence-electron chi connectivity index (χ3n) is 3.11. The summed E-state index contributed by atoms with van der Waals surface area (Å²) in [6, 6.07) is 6.41. The Morgan fingerprint density at radius 3 is 2.40 bits per heavy atom. The Labute approximate surface area is 93.5 Å². The summed E-state index contributed by atoms with van der Waals surface area (Å²) in [5.41, 5.74) is 2.75. The van der Waals surface area contributed by atoms with Crippen molar-refractivity contribution in [2.45, 2.75) is 46.5 Å². The molecule has 0 amide bonds. The van der Waals surface area contributed by atoms with Crippen LogP contribution in [0.4, 0.5) is 0 Å². The lowest BCUT2D eigenvalue weighted by Crippen LogP contribution is -2.17. The van der Waals surface area contributed by atoms with E-state index in [4.69, 9.17) is 4.74 Å². The molecule has 1 nitrogen and oxygen atoms in total. The molecule has 0 aliphatic rings. The van der Waals surface area contributed by atoms with Crippen LogP contribution in [-0.2, 0) is 5.41 Å². The van der Waals surface area contributed by atoms with Gasteiger partial charge in [0.1, 0.15) is 5.75 Å². The lowest BCUT2D eigenvalue weighted by atomic mass is 9.81. The minimum atomic E-state index is 0.191. The smallest absolute Gasteiger partial charge is 0.125 e. The lowest BCUT2D eigenvalue weighted by Gasteiger charge is -2.26. The molecule has 15 heavy (non-hydrogen) atoms. The van der Waals surface area contributed by atoms with Gasteiger partial charge in [0.15, 0.2) is 0 Å². The summed E-state index contributed by atoms with van der Waals surface area (Å²) in [5.74, 6) is 1.08. The zero-order valence-corrected chi connectivity index (χ0v) is 10.6. The first-order valence-electron chi connectivity index (χ1n) is 5.75. The predicted octanol–water partition coefficient (Wildman–Crippen LogP) is 4.08. The van der Waals surface area contributed by atoms with Gasteiger partial charge in [-0.2, -0.15) is 0 Å². The quantitative estimate of drug-likeness (QED) is 0.721. The molecule has 0 saturated carbocycles. The van der Waals surface area contributed by atoms with Crippen molar-refractivity contribution in [1.82, 2.24) is 0 Å². The minimum absolute atomic E-state index is 0.191. The summed E-state index contributed by atoms with van der Waals surface area (Å²) >= 11 is 0. The van der Waals surface area contributed by atoms with Crippen LogP contribution in [0.3, 0.4) is 0 Å². The van der Waals surface area contributed by atoms with Gasteiger partial charge in [0.2, 0.25) is 0 Å². The van der Waals surface area contributed by atoms with Crippen molar-refractivity contribution >= 4 is 0 Å². The Balaban J connectivity index is 3.22. The van der Waals surface area contributed by atoms with E-state index >= 15 is 0 Å². The van der Waals surface area contributed by atoms with E-state index in [1.54, 1.807) is 0 Å². The fourth-order valence-corrected chi connectivity index (χ4v) is 1.71. The Morgan fingerprint density at radius 2 is 1.87 bits per heavy atom. The molecule has 1 aromatic carbocycles. The number of hydrogen-bond acceptors (Lipinski definition) is 1. The molecule has 0 atom stereocenters. The molecule has 1 rings (SSSR count). The molecule has 0 radical (unpaired) electrons. The number of para-hydroxylation sites is 1. The maximum absolute atomic E-state index is 5.76. The van der Waals surface area contributed by atoms with E-state index < -0.39 is 0 Å². The van der Waals surface area contributed by atoms with Crippen LogP contribution in [0.1, 0.15) is 45.2 Å². The minimum Gasteiger partial charge on any atom is -0.493 e. The standard InChI is InChI=1S/C14H22O/c1-6-14(4,5)12-10-8-9-11(3)13(12)15-7-2/h8-10H,6-7H2,1-5H3. The highest BCUT2D eigenvalue weighted by molar-refractivity contribution is 5.44. The van der Waals surface area contributed by atoms with Crippen molar-refractivity contribution < 1.29 is 4.74 Å². The Kier molecular flexibility index (Phi) is 3.78. The van der Waals surface area contributed by atoms with Gasteiger partial charge >= 0.3 is 0 Å². The fraction of sp³-hybridized carbons (Fsp3) is 0.571. The number of ether oxygens (including phenoxy) is 1. The summed E-state index contributed by atoms with van der Waals surface area (Å²) < 4.78 is 5.76. The first-order chi connectivity index (χ1) is 7.03. The van der Waals surface area contributed by atoms with Gasteiger partial charge in [0, 0.05) is 5.56 Å². The highest BCUT2D eigenvalue weighted by Gasteiger charge is 2.23. The van der Waals surface area contributed by atoms with Gasteiger partial charge in [-0.3, -0.25) is 0 Å². The number of rotatable bonds is 4. The van der Waals surface area contributed by atoms with E-state index in [-0.39, 0.29) is 5.41 Å². The van der Waals surface area contributed by atoms with Gasteiger partial charge < -0.3 is 4.74 Å². The monoisotopic (exact) mass is 206 g/mol. The molecule has 0 aromatic heterocycles. The van der Waals surface area contributed by atoms with Crippen LogP contribution in [-0.4, -0.2) is 6.61 Å². The third kappa shape index (κ3) is 2.53. The summed E-state index contributed by atoms with van der Waals surface area (Å²) in [6.45, 7) is 11.6. The normalized spacial score (nSPS) is 11.5. The van der Waals surface area contributed by atoms with E-state index in [1.165, 1.54) is 11.1 Å². The van der Waals surface area contributed by atoms with Gasteiger partial charge in [-0.25, -0.2) is 0 Å². The second kappa shape index (κ2) is 4.69. The van der Waals surface area contributed by atoms with Gasteiger partial charge in [-0.05, 0) is 31.2 Å². The topological polar surface area (TPSA) is 9.23 Å². The predicted molar refractivity (Wildman–Crippen MR) is 65.7 cm³/mol. The number of benzene rings is 1. The molecule has 0 unspecified atom stereocenters. The van der Waals surface area contributed by atoms with E-state index in [9.17, 15) is 0 Å². The van der Waals surface area contributed by atoms with Crippen LogP contribution in [0.15, 0.2) is 18.2 Å². The van der Waals surface area contributed by atoms with Gasteiger partial charge in [-0.15, -0.1) is 0 Å². The third-order valence-corrected chi connectivity index (χ3v) is 3.11. The summed E-state index contributed by atoms with van der Waals surface area (Å²) in [7, 11) is 0. The molecule has 84 valence electrons. The highest BCUT2D eigenvalue weighted by atomic mass is 16.5. The molecule has 1 aromatic rings. The summed E-state index contributed by atoms with van der Waals surface area (Å²) in [4.78, 5) is 0.